The lowest BCUT2D eigenvalue weighted by molar-refractivity contribution is -0.384. The predicted octanol–water partition coefficient (Wildman–Crippen LogP) is -1.22. The van der Waals surface area contributed by atoms with E-state index in [1.165, 1.54) is 24.3 Å². The minimum absolute atomic E-state index is 0.0930. The third-order valence-electron chi connectivity index (χ3n) is 3.21. The van der Waals surface area contributed by atoms with Gasteiger partial charge in [-0.1, -0.05) is 0 Å². The van der Waals surface area contributed by atoms with Crippen molar-refractivity contribution in [2.45, 2.75) is 24.1 Å². The molecule has 1 aliphatic rings. The predicted molar refractivity (Wildman–Crippen MR) is 67.5 cm³/mol. The molecule has 9 heteroatoms. The maximum atomic E-state index is 10.5. The summed E-state index contributed by atoms with van der Waals surface area (Å²) in [6.07, 6.45) is -4.14. The number of benzene rings is 1. The molecular formula is C12H15NO8. The van der Waals surface area contributed by atoms with E-state index in [1.54, 1.807) is 0 Å². The molecule has 4 N–H and O–H groups in total. The van der Waals surface area contributed by atoms with Gasteiger partial charge in [0, 0.05) is 12.1 Å². The number of aliphatic hydroxyl groups is 4. The summed E-state index contributed by atoms with van der Waals surface area (Å²) < 4.78 is 10.2. The normalized spacial score (nSPS) is 32.1. The summed E-state index contributed by atoms with van der Waals surface area (Å²) in [7, 11) is 0. The Morgan fingerprint density at radius 3 is 2.43 bits per heavy atom. The quantitative estimate of drug-likeness (QED) is 0.391. The largest absolute Gasteiger partial charge is 0.491 e. The Labute approximate surface area is 119 Å². The van der Waals surface area contributed by atoms with Crippen molar-refractivity contribution >= 4 is 5.69 Å². The fourth-order valence-electron chi connectivity index (χ4n) is 1.98. The number of nitrogens with zero attached hydrogens (tertiary/aromatic N) is 1. The van der Waals surface area contributed by atoms with E-state index in [0.717, 1.165) is 0 Å². The summed E-state index contributed by atoms with van der Waals surface area (Å²) in [5.74, 6) is -1.94. The highest BCUT2D eigenvalue weighted by Crippen LogP contribution is 2.29. The first-order valence-corrected chi connectivity index (χ1v) is 6.12. The van der Waals surface area contributed by atoms with Crippen LogP contribution in [0.1, 0.15) is 0 Å². The van der Waals surface area contributed by atoms with Crippen molar-refractivity contribution in [2.24, 2.45) is 0 Å². The van der Waals surface area contributed by atoms with Crippen LogP contribution in [0.5, 0.6) is 5.75 Å². The molecule has 0 radical (unpaired) electrons. The van der Waals surface area contributed by atoms with Crippen molar-refractivity contribution in [3.8, 4) is 5.75 Å². The number of nitro groups is 1. The highest BCUT2D eigenvalue weighted by Gasteiger charge is 2.53. The van der Waals surface area contributed by atoms with Gasteiger partial charge in [0.05, 0.1) is 11.5 Å². The second-order valence-electron chi connectivity index (χ2n) is 4.66. The maximum absolute atomic E-state index is 10.5. The lowest BCUT2D eigenvalue weighted by Crippen LogP contribution is -2.46. The number of aliphatic hydroxyl groups excluding tert-OH is 3. The number of hydrogen-bond acceptors (Lipinski definition) is 8. The van der Waals surface area contributed by atoms with Gasteiger partial charge in [0.1, 0.15) is 30.7 Å². The van der Waals surface area contributed by atoms with E-state index in [4.69, 9.17) is 14.6 Å². The SMILES string of the molecule is O=[N+]([O-])c1ccc(OC[C@H]2O[C@](O)(CO)C(O)C2O)cc1. The summed E-state index contributed by atoms with van der Waals surface area (Å²) in [5, 5.41) is 48.4. The molecule has 116 valence electrons. The molecule has 0 aliphatic carbocycles. The summed E-state index contributed by atoms with van der Waals surface area (Å²) in [4.78, 5) is 9.95. The van der Waals surface area contributed by atoms with Gasteiger partial charge in [-0.3, -0.25) is 10.1 Å². The van der Waals surface area contributed by atoms with E-state index >= 15 is 0 Å². The number of nitro benzene ring substituents is 1. The van der Waals surface area contributed by atoms with Gasteiger partial charge >= 0.3 is 0 Å². The zero-order chi connectivity index (χ0) is 15.6. The lowest BCUT2D eigenvalue weighted by atomic mass is 10.1. The van der Waals surface area contributed by atoms with Gasteiger partial charge < -0.3 is 29.9 Å². The third-order valence-corrected chi connectivity index (χ3v) is 3.21. The van der Waals surface area contributed by atoms with Crippen molar-refractivity contribution in [2.75, 3.05) is 13.2 Å². The fraction of sp³-hybridized carbons (Fsp3) is 0.500. The number of hydrogen-bond donors (Lipinski definition) is 4. The Balaban J connectivity index is 1.96. The van der Waals surface area contributed by atoms with E-state index in [2.05, 4.69) is 0 Å². The van der Waals surface area contributed by atoms with Gasteiger partial charge in [-0.25, -0.2) is 0 Å². The second kappa shape index (κ2) is 5.92. The first kappa shape index (κ1) is 15.6. The van der Waals surface area contributed by atoms with E-state index in [0.29, 0.717) is 5.75 Å². The van der Waals surface area contributed by atoms with Crippen molar-refractivity contribution in [1.82, 2.24) is 0 Å². The van der Waals surface area contributed by atoms with Crippen molar-refractivity contribution in [3.63, 3.8) is 0 Å². The topological polar surface area (TPSA) is 143 Å². The zero-order valence-electron chi connectivity index (χ0n) is 10.8. The molecule has 0 aromatic heterocycles. The average molecular weight is 301 g/mol. The van der Waals surface area contributed by atoms with Gasteiger partial charge in [0.15, 0.2) is 0 Å². The van der Waals surface area contributed by atoms with Crippen LogP contribution in [0.2, 0.25) is 0 Å². The van der Waals surface area contributed by atoms with E-state index in [9.17, 15) is 25.4 Å². The van der Waals surface area contributed by atoms with Crippen LogP contribution in [0.4, 0.5) is 5.69 Å². The Morgan fingerprint density at radius 2 is 1.95 bits per heavy atom. The number of ether oxygens (including phenoxy) is 2. The van der Waals surface area contributed by atoms with Crippen molar-refractivity contribution in [1.29, 1.82) is 0 Å². The molecule has 9 nitrogen and oxygen atoms in total. The van der Waals surface area contributed by atoms with Crippen LogP contribution in [-0.4, -0.2) is 62.7 Å². The Bertz CT molecular complexity index is 506. The van der Waals surface area contributed by atoms with E-state index in [1.807, 2.05) is 0 Å². The summed E-state index contributed by atoms with van der Waals surface area (Å²) in [6.45, 7) is -1.09. The molecule has 1 aliphatic heterocycles. The molecule has 2 unspecified atom stereocenters. The molecule has 1 aromatic carbocycles. The van der Waals surface area contributed by atoms with Crippen LogP contribution in [0.25, 0.3) is 0 Å². The first-order valence-electron chi connectivity index (χ1n) is 6.12. The van der Waals surface area contributed by atoms with Gasteiger partial charge in [-0.2, -0.15) is 0 Å². The first-order chi connectivity index (χ1) is 9.87. The van der Waals surface area contributed by atoms with Gasteiger partial charge in [0.25, 0.3) is 5.69 Å². The van der Waals surface area contributed by atoms with Crippen LogP contribution < -0.4 is 4.74 Å². The monoisotopic (exact) mass is 301 g/mol. The summed E-state index contributed by atoms with van der Waals surface area (Å²) >= 11 is 0. The van der Waals surface area contributed by atoms with Crippen LogP contribution in [0.15, 0.2) is 24.3 Å². The molecule has 0 saturated carbocycles. The molecule has 4 atom stereocenters. The highest BCUT2D eigenvalue weighted by atomic mass is 16.7. The molecule has 0 amide bonds. The molecule has 21 heavy (non-hydrogen) atoms. The Morgan fingerprint density at radius 1 is 1.33 bits per heavy atom. The van der Waals surface area contributed by atoms with Gasteiger partial charge in [-0.15, -0.1) is 0 Å². The maximum Gasteiger partial charge on any atom is 0.269 e. The molecule has 1 heterocycles. The van der Waals surface area contributed by atoms with Crippen LogP contribution in [0.3, 0.4) is 0 Å². The van der Waals surface area contributed by atoms with E-state index < -0.39 is 35.6 Å². The third kappa shape index (κ3) is 3.12. The Hall–Kier alpha value is -1.78. The van der Waals surface area contributed by atoms with E-state index in [-0.39, 0.29) is 12.3 Å². The highest BCUT2D eigenvalue weighted by molar-refractivity contribution is 5.35. The van der Waals surface area contributed by atoms with Crippen molar-refractivity contribution < 1.29 is 34.8 Å². The molecule has 2 rings (SSSR count). The fourth-order valence-corrected chi connectivity index (χ4v) is 1.98. The Kier molecular flexibility index (Phi) is 4.40. The molecule has 1 saturated heterocycles. The smallest absolute Gasteiger partial charge is 0.269 e. The van der Waals surface area contributed by atoms with Gasteiger partial charge in [-0.05, 0) is 12.1 Å². The van der Waals surface area contributed by atoms with Crippen LogP contribution >= 0.6 is 0 Å². The molecular weight excluding hydrogens is 286 g/mol. The minimum Gasteiger partial charge on any atom is -0.491 e. The summed E-state index contributed by atoms with van der Waals surface area (Å²) in [5.41, 5.74) is -0.0930. The van der Waals surface area contributed by atoms with Crippen molar-refractivity contribution in [3.05, 3.63) is 34.4 Å². The minimum atomic E-state index is -2.23. The van der Waals surface area contributed by atoms with Crippen LogP contribution in [0, 0.1) is 10.1 Å². The second-order valence-corrected chi connectivity index (χ2v) is 4.66. The number of rotatable bonds is 5. The molecule has 1 fully saturated rings. The van der Waals surface area contributed by atoms with Gasteiger partial charge in [0.2, 0.25) is 5.79 Å². The lowest BCUT2D eigenvalue weighted by Gasteiger charge is -2.22. The molecule has 0 spiro atoms. The standard InChI is InChI=1S/C12H15NO8/c14-6-12(17)11(16)10(15)9(21-12)5-20-8-3-1-7(2-4-8)13(18)19/h1-4,9-11,14-17H,5-6H2/t9-,10?,11?,12-/m1/s1. The molecule has 0 bridgehead atoms. The average Bonchev–Trinajstić information content (AvgIpc) is 2.70. The summed E-state index contributed by atoms with van der Waals surface area (Å²) in [6, 6.07) is 5.24. The zero-order valence-corrected chi connectivity index (χ0v) is 10.8. The number of non-ortho nitro benzene ring substituents is 1. The molecule has 1 aromatic rings. The van der Waals surface area contributed by atoms with Crippen LogP contribution in [-0.2, 0) is 4.74 Å².